The van der Waals surface area contributed by atoms with E-state index < -0.39 is 0 Å². The summed E-state index contributed by atoms with van der Waals surface area (Å²) < 4.78 is 2.69. The maximum Gasteiger partial charge on any atom is 0.293 e. The van der Waals surface area contributed by atoms with Crippen LogP contribution in [-0.2, 0) is 11.3 Å². The summed E-state index contributed by atoms with van der Waals surface area (Å²) in [5.74, 6) is -0.0764. The molecule has 1 aliphatic rings. The van der Waals surface area contributed by atoms with Crippen molar-refractivity contribution >= 4 is 11.4 Å². The fourth-order valence-corrected chi connectivity index (χ4v) is 3.34. The highest BCUT2D eigenvalue weighted by atomic mass is 16.2. The van der Waals surface area contributed by atoms with Crippen molar-refractivity contribution in [3.8, 4) is 11.3 Å². The number of carbonyl (C=O) groups is 1. The van der Waals surface area contributed by atoms with Gasteiger partial charge in [0.25, 0.3) is 5.56 Å². The molecule has 1 amide bonds. The average molecular weight is 366 g/mol. The van der Waals surface area contributed by atoms with Gasteiger partial charge in [-0.1, -0.05) is 37.3 Å². The Labute approximate surface area is 156 Å². The molecule has 140 valence electrons. The van der Waals surface area contributed by atoms with Gasteiger partial charge in [-0.2, -0.15) is 10.2 Å². The number of hydrogen-bond acceptors (Lipinski definition) is 5. The minimum atomic E-state index is -0.312. The van der Waals surface area contributed by atoms with Crippen LogP contribution in [0.15, 0.2) is 47.5 Å². The summed E-state index contributed by atoms with van der Waals surface area (Å²) in [4.78, 5) is 29.4. The molecule has 1 aliphatic heterocycles. The molecule has 0 N–H and O–H groups in total. The second-order valence-corrected chi connectivity index (χ2v) is 6.63. The summed E-state index contributed by atoms with van der Waals surface area (Å²) in [6.07, 6.45) is 1.48. The molecule has 4 rings (SSSR count). The van der Waals surface area contributed by atoms with Gasteiger partial charge in [0.15, 0.2) is 0 Å². The van der Waals surface area contributed by atoms with Gasteiger partial charge >= 0.3 is 0 Å². The maximum absolute atomic E-state index is 12.8. The van der Waals surface area contributed by atoms with Crippen LogP contribution in [-0.4, -0.2) is 67.8 Å². The minimum Gasteiger partial charge on any atom is -0.339 e. The Bertz CT molecular complexity index is 1000. The van der Waals surface area contributed by atoms with Crippen LogP contribution >= 0.6 is 0 Å². The number of fused-ring (bicyclic) bond motifs is 1. The van der Waals surface area contributed by atoms with E-state index >= 15 is 0 Å². The van der Waals surface area contributed by atoms with E-state index in [1.807, 2.05) is 30.3 Å². The van der Waals surface area contributed by atoms with Crippen LogP contribution in [0.4, 0.5) is 0 Å². The lowest BCUT2D eigenvalue weighted by atomic mass is 10.1. The smallest absolute Gasteiger partial charge is 0.293 e. The fraction of sp³-hybridized carbons (Fsp3) is 0.368. The Morgan fingerprint density at radius 1 is 1.11 bits per heavy atom. The molecule has 0 saturated carbocycles. The highest BCUT2D eigenvalue weighted by molar-refractivity contribution is 5.76. The first-order chi connectivity index (χ1) is 13.2. The van der Waals surface area contributed by atoms with E-state index in [1.54, 1.807) is 11.0 Å². The van der Waals surface area contributed by atoms with E-state index in [0.29, 0.717) is 24.3 Å². The molecule has 0 bridgehead atoms. The summed E-state index contributed by atoms with van der Waals surface area (Å²) in [7, 11) is 0. The third-order valence-corrected chi connectivity index (χ3v) is 5.02. The van der Waals surface area contributed by atoms with Gasteiger partial charge in [-0.15, -0.1) is 0 Å². The lowest BCUT2D eigenvalue weighted by molar-refractivity contribution is -0.133. The summed E-state index contributed by atoms with van der Waals surface area (Å²) in [5.41, 5.74) is 1.73. The van der Waals surface area contributed by atoms with Gasteiger partial charge in [0.1, 0.15) is 18.4 Å². The van der Waals surface area contributed by atoms with Crippen molar-refractivity contribution in [1.29, 1.82) is 0 Å². The number of nitrogens with zero attached hydrogens (tertiary/aromatic N) is 6. The van der Waals surface area contributed by atoms with E-state index in [9.17, 15) is 9.59 Å². The van der Waals surface area contributed by atoms with Gasteiger partial charge < -0.3 is 9.80 Å². The zero-order valence-electron chi connectivity index (χ0n) is 15.3. The molecular formula is C19H22N6O2. The van der Waals surface area contributed by atoms with Crippen molar-refractivity contribution in [2.45, 2.75) is 13.5 Å². The quantitative estimate of drug-likeness (QED) is 0.680. The number of hydrogen-bond donors (Lipinski definition) is 0. The average Bonchev–Trinajstić information content (AvgIpc) is 3.16. The monoisotopic (exact) mass is 366 g/mol. The van der Waals surface area contributed by atoms with Crippen LogP contribution in [0.1, 0.15) is 6.92 Å². The molecule has 0 unspecified atom stereocenters. The van der Waals surface area contributed by atoms with E-state index in [0.717, 1.165) is 25.2 Å². The van der Waals surface area contributed by atoms with Crippen molar-refractivity contribution in [1.82, 2.24) is 29.2 Å². The van der Waals surface area contributed by atoms with Crippen LogP contribution in [0.2, 0.25) is 0 Å². The molecule has 0 atom stereocenters. The van der Waals surface area contributed by atoms with Gasteiger partial charge in [-0.05, 0) is 12.6 Å². The molecule has 3 aromatic rings. The van der Waals surface area contributed by atoms with Gasteiger partial charge in [0, 0.05) is 31.7 Å². The first-order valence-corrected chi connectivity index (χ1v) is 9.17. The molecule has 2 aromatic heterocycles. The largest absolute Gasteiger partial charge is 0.339 e. The lowest BCUT2D eigenvalue weighted by Gasteiger charge is -2.34. The molecule has 0 spiro atoms. The zero-order chi connectivity index (χ0) is 18.8. The van der Waals surface area contributed by atoms with Crippen LogP contribution in [0, 0.1) is 0 Å². The minimum absolute atomic E-state index is 0.0483. The van der Waals surface area contributed by atoms with Crippen molar-refractivity contribution in [3.63, 3.8) is 0 Å². The van der Waals surface area contributed by atoms with Crippen molar-refractivity contribution < 1.29 is 4.79 Å². The Kier molecular flexibility index (Phi) is 4.72. The standard InChI is InChI=1S/C19H22N6O2/c1-2-22-8-10-23(11-9-22)18(26)13-24-19(27)17-12-16(21-25(17)14-20-24)15-6-4-3-5-7-15/h3-7,12,14H,2,8-11,13H2,1H3. The zero-order valence-corrected chi connectivity index (χ0v) is 15.3. The molecule has 1 aromatic carbocycles. The molecule has 0 aliphatic carbocycles. The molecule has 3 heterocycles. The Morgan fingerprint density at radius 2 is 1.85 bits per heavy atom. The fourth-order valence-electron chi connectivity index (χ4n) is 3.34. The third kappa shape index (κ3) is 3.48. The first kappa shape index (κ1) is 17.4. The van der Waals surface area contributed by atoms with Gasteiger partial charge in [-0.25, -0.2) is 9.20 Å². The first-order valence-electron chi connectivity index (χ1n) is 9.17. The Balaban J connectivity index is 1.55. The molecule has 8 nitrogen and oxygen atoms in total. The van der Waals surface area contributed by atoms with Crippen LogP contribution in [0.25, 0.3) is 16.8 Å². The number of amides is 1. The predicted octanol–water partition coefficient (Wildman–Crippen LogP) is 0.722. The van der Waals surface area contributed by atoms with E-state index in [4.69, 9.17) is 0 Å². The van der Waals surface area contributed by atoms with Gasteiger partial charge in [0.05, 0.1) is 5.69 Å². The SMILES string of the molecule is CCN1CCN(C(=O)Cn2ncn3nc(-c4ccccc4)cc3c2=O)CC1. The number of likely N-dealkylation sites (N-methyl/N-ethyl adjacent to an activating group) is 1. The van der Waals surface area contributed by atoms with E-state index in [-0.39, 0.29) is 18.0 Å². The van der Waals surface area contributed by atoms with Crippen molar-refractivity contribution in [2.75, 3.05) is 32.7 Å². The van der Waals surface area contributed by atoms with Crippen LogP contribution < -0.4 is 5.56 Å². The summed E-state index contributed by atoms with van der Waals surface area (Å²) in [5, 5.41) is 8.54. The molecular weight excluding hydrogens is 344 g/mol. The summed E-state index contributed by atoms with van der Waals surface area (Å²) in [6, 6.07) is 11.4. The Hall–Kier alpha value is -3.00. The molecule has 1 saturated heterocycles. The highest BCUT2D eigenvalue weighted by Gasteiger charge is 2.21. The number of benzene rings is 1. The molecule has 27 heavy (non-hydrogen) atoms. The normalized spacial score (nSPS) is 15.4. The van der Waals surface area contributed by atoms with Crippen molar-refractivity contribution in [2.24, 2.45) is 0 Å². The number of aromatic nitrogens is 4. The van der Waals surface area contributed by atoms with Crippen LogP contribution in [0.3, 0.4) is 0 Å². The third-order valence-electron chi connectivity index (χ3n) is 5.02. The second kappa shape index (κ2) is 7.32. The topological polar surface area (TPSA) is 75.7 Å². The van der Waals surface area contributed by atoms with E-state index in [2.05, 4.69) is 22.0 Å². The highest BCUT2D eigenvalue weighted by Crippen LogP contribution is 2.17. The predicted molar refractivity (Wildman–Crippen MR) is 101 cm³/mol. The second-order valence-electron chi connectivity index (χ2n) is 6.63. The molecule has 0 radical (unpaired) electrons. The van der Waals surface area contributed by atoms with Crippen LogP contribution in [0.5, 0.6) is 0 Å². The number of piperazine rings is 1. The van der Waals surface area contributed by atoms with E-state index in [1.165, 1.54) is 15.5 Å². The summed E-state index contributed by atoms with van der Waals surface area (Å²) in [6.45, 7) is 6.17. The maximum atomic E-state index is 12.8. The van der Waals surface area contributed by atoms with Crippen molar-refractivity contribution in [3.05, 3.63) is 53.1 Å². The summed E-state index contributed by atoms with van der Waals surface area (Å²) >= 11 is 0. The van der Waals surface area contributed by atoms with Gasteiger partial charge in [0.2, 0.25) is 5.91 Å². The Morgan fingerprint density at radius 3 is 2.56 bits per heavy atom. The number of carbonyl (C=O) groups excluding carboxylic acids is 1. The number of rotatable bonds is 4. The molecule has 8 heteroatoms. The van der Waals surface area contributed by atoms with Gasteiger partial charge in [-0.3, -0.25) is 9.59 Å². The molecule has 1 fully saturated rings. The lowest BCUT2D eigenvalue weighted by Crippen LogP contribution is -2.50.